The first-order chi connectivity index (χ1) is 10.2. The predicted octanol–water partition coefficient (Wildman–Crippen LogP) is 3.34. The lowest BCUT2D eigenvalue weighted by Crippen LogP contribution is -2.33. The van der Waals surface area contributed by atoms with Gasteiger partial charge in [0.2, 0.25) is 10.0 Å². The van der Waals surface area contributed by atoms with E-state index >= 15 is 0 Å². The maximum atomic E-state index is 12.3. The van der Waals surface area contributed by atoms with E-state index < -0.39 is 15.9 Å². The average molecular weight is 319 g/mol. The van der Waals surface area contributed by atoms with E-state index in [1.54, 1.807) is 12.1 Å². The van der Waals surface area contributed by atoms with Crippen molar-refractivity contribution in [3.05, 3.63) is 48.0 Å². The number of sulfonamides is 1. The summed E-state index contributed by atoms with van der Waals surface area (Å²) in [6.07, 6.45) is 0.491. The highest BCUT2D eigenvalue weighted by Gasteiger charge is 2.21. The Labute approximate surface area is 131 Å². The highest BCUT2D eigenvalue weighted by Crippen LogP contribution is 2.20. The van der Waals surface area contributed by atoms with Gasteiger partial charge >= 0.3 is 0 Å². The Bertz CT molecular complexity index is 784. The number of rotatable bonds is 4. The van der Waals surface area contributed by atoms with Crippen LogP contribution < -0.4 is 4.72 Å². The van der Waals surface area contributed by atoms with E-state index in [-0.39, 0.29) is 11.2 Å². The predicted molar refractivity (Wildman–Crippen MR) is 89.3 cm³/mol. The first-order valence-corrected chi connectivity index (χ1v) is 8.86. The van der Waals surface area contributed by atoms with Gasteiger partial charge < -0.3 is 0 Å². The summed E-state index contributed by atoms with van der Waals surface area (Å²) < 4.78 is 26.3. The molecule has 4 nitrogen and oxygen atoms in total. The number of hydrogen-bond donors (Lipinski definition) is 1. The van der Waals surface area contributed by atoms with E-state index in [1.165, 1.54) is 0 Å². The number of hydrogen-bond acceptors (Lipinski definition) is 3. The maximum absolute atomic E-state index is 12.3. The van der Waals surface area contributed by atoms with Crippen LogP contribution in [0.1, 0.15) is 37.6 Å². The molecule has 0 radical (unpaired) electrons. The Hall–Kier alpha value is -1.88. The molecular weight excluding hydrogens is 298 g/mol. The van der Waals surface area contributed by atoms with Crippen LogP contribution in [0.3, 0.4) is 0 Å². The van der Waals surface area contributed by atoms with Crippen molar-refractivity contribution in [3.63, 3.8) is 0 Å². The highest BCUT2D eigenvalue weighted by atomic mass is 32.2. The zero-order valence-corrected chi connectivity index (χ0v) is 13.9. The van der Waals surface area contributed by atoms with Crippen molar-refractivity contribution in [2.24, 2.45) is 5.41 Å². The van der Waals surface area contributed by atoms with Crippen molar-refractivity contribution in [1.29, 1.82) is 0 Å². The summed E-state index contributed by atoms with van der Waals surface area (Å²) in [6.45, 7) is 5.90. The van der Waals surface area contributed by atoms with Crippen molar-refractivity contribution < 1.29 is 13.2 Å². The number of fused-ring (bicyclic) bond motifs is 1. The Kier molecular flexibility index (Phi) is 4.56. The Morgan fingerprint density at radius 1 is 1.05 bits per heavy atom. The van der Waals surface area contributed by atoms with E-state index in [2.05, 4.69) is 4.72 Å². The lowest BCUT2D eigenvalue weighted by molar-refractivity contribution is 0.0983. The molecule has 5 heteroatoms. The van der Waals surface area contributed by atoms with Crippen molar-refractivity contribution in [1.82, 2.24) is 4.72 Å². The van der Waals surface area contributed by atoms with Gasteiger partial charge in [0.05, 0.1) is 5.75 Å². The number of benzene rings is 2. The van der Waals surface area contributed by atoms with Gasteiger partial charge in [-0.05, 0) is 28.7 Å². The summed E-state index contributed by atoms with van der Waals surface area (Å²) in [7, 11) is -3.63. The van der Waals surface area contributed by atoms with E-state index in [4.69, 9.17) is 0 Å². The van der Waals surface area contributed by atoms with Crippen LogP contribution in [0, 0.1) is 5.41 Å². The fourth-order valence-electron chi connectivity index (χ4n) is 2.11. The van der Waals surface area contributed by atoms with Gasteiger partial charge in [-0.1, -0.05) is 57.2 Å². The number of carbonyl (C=O) groups excluding carboxylic acids is 1. The summed E-state index contributed by atoms with van der Waals surface area (Å²) >= 11 is 0. The number of carbonyl (C=O) groups is 1. The third-order valence-corrected chi connectivity index (χ3v) is 4.64. The zero-order valence-electron chi connectivity index (χ0n) is 13.1. The number of nitrogens with one attached hydrogen (secondary N) is 1. The van der Waals surface area contributed by atoms with E-state index in [0.717, 1.165) is 10.8 Å². The molecule has 0 heterocycles. The van der Waals surface area contributed by atoms with E-state index in [9.17, 15) is 13.2 Å². The molecule has 0 aliphatic heterocycles. The minimum Gasteiger partial charge on any atom is -0.268 e. The Morgan fingerprint density at radius 3 is 2.36 bits per heavy atom. The minimum atomic E-state index is -3.63. The van der Waals surface area contributed by atoms with E-state index in [1.807, 2.05) is 51.1 Å². The van der Waals surface area contributed by atoms with E-state index in [0.29, 0.717) is 12.0 Å². The molecule has 2 aromatic carbocycles. The molecule has 0 fully saturated rings. The van der Waals surface area contributed by atoms with Crippen LogP contribution in [0.4, 0.5) is 0 Å². The Balaban J connectivity index is 2.21. The molecule has 0 aliphatic carbocycles. The Morgan fingerprint density at radius 2 is 1.68 bits per heavy atom. The molecule has 0 aromatic heterocycles. The molecule has 1 N–H and O–H groups in total. The first kappa shape index (κ1) is 16.5. The fourth-order valence-corrected chi connectivity index (χ4v) is 3.49. The quantitative estimate of drug-likeness (QED) is 0.940. The van der Waals surface area contributed by atoms with Gasteiger partial charge in [0.25, 0.3) is 5.91 Å². The molecule has 0 aliphatic rings. The maximum Gasteiger partial charge on any atom is 0.265 e. The molecule has 1 amide bonds. The third kappa shape index (κ3) is 4.31. The van der Waals surface area contributed by atoms with Gasteiger partial charge in [0.15, 0.2) is 0 Å². The van der Waals surface area contributed by atoms with Gasteiger partial charge in [-0.2, -0.15) is 0 Å². The lowest BCUT2D eigenvalue weighted by atomic mass is 9.94. The van der Waals surface area contributed by atoms with Crippen molar-refractivity contribution in [2.45, 2.75) is 27.2 Å². The van der Waals surface area contributed by atoms with Gasteiger partial charge in [-0.15, -0.1) is 0 Å². The second-order valence-corrected chi connectivity index (χ2v) is 8.43. The summed E-state index contributed by atoms with van der Waals surface area (Å²) in [4.78, 5) is 12.3. The molecule has 2 aromatic rings. The first-order valence-electron chi connectivity index (χ1n) is 7.21. The molecule has 0 saturated heterocycles. The monoisotopic (exact) mass is 319 g/mol. The van der Waals surface area contributed by atoms with Crippen LogP contribution in [0.25, 0.3) is 10.8 Å². The molecule has 22 heavy (non-hydrogen) atoms. The lowest BCUT2D eigenvalue weighted by Gasteiger charge is -2.18. The minimum absolute atomic E-state index is 0.0625. The molecule has 0 unspecified atom stereocenters. The summed E-state index contributed by atoms with van der Waals surface area (Å²) in [6, 6.07) is 12.7. The van der Waals surface area contributed by atoms with Crippen LogP contribution in [0.15, 0.2) is 42.5 Å². The van der Waals surface area contributed by atoms with Crippen molar-refractivity contribution in [3.8, 4) is 0 Å². The van der Waals surface area contributed by atoms with Crippen LogP contribution in [0.5, 0.6) is 0 Å². The third-order valence-electron chi connectivity index (χ3n) is 3.40. The van der Waals surface area contributed by atoms with Gasteiger partial charge in [0, 0.05) is 5.56 Å². The molecule has 118 valence electrons. The van der Waals surface area contributed by atoms with Crippen LogP contribution in [-0.2, 0) is 10.0 Å². The van der Waals surface area contributed by atoms with Gasteiger partial charge in [0.1, 0.15) is 0 Å². The molecule has 0 saturated carbocycles. The molecule has 0 atom stereocenters. The van der Waals surface area contributed by atoms with Crippen LogP contribution >= 0.6 is 0 Å². The molecule has 0 spiro atoms. The fraction of sp³-hybridized carbons (Fsp3) is 0.353. The average Bonchev–Trinajstić information content (AvgIpc) is 2.43. The molecular formula is C17H21NO3S. The van der Waals surface area contributed by atoms with Crippen LogP contribution in [-0.4, -0.2) is 20.1 Å². The second kappa shape index (κ2) is 6.08. The topological polar surface area (TPSA) is 63.2 Å². The zero-order chi connectivity index (χ0) is 16.4. The molecule has 0 bridgehead atoms. The highest BCUT2D eigenvalue weighted by molar-refractivity contribution is 7.90. The van der Waals surface area contributed by atoms with Crippen molar-refractivity contribution in [2.75, 3.05) is 5.75 Å². The van der Waals surface area contributed by atoms with Gasteiger partial charge in [-0.3, -0.25) is 4.79 Å². The van der Waals surface area contributed by atoms with Crippen molar-refractivity contribution >= 4 is 26.7 Å². The van der Waals surface area contributed by atoms with Gasteiger partial charge in [-0.25, -0.2) is 13.1 Å². The standard InChI is InChI=1S/C17H21NO3S/c1-17(2,3)11-12-22(20,21)18-16(19)15-10-6-8-13-7-4-5-9-14(13)15/h4-10H,11-12H2,1-3H3,(H,18,19). The summed E-state index contributed by atoms with van der Waals surface area (Å²) in [5, 5.41) is 1.65. The normalized spacial score (nSPS) is 12.3. The summed E-state index contributed by atoms with van der Waals surface area (Å²) in [5.41, 5.74) is 0.273. The molecule has 2 rings (SSSR count). The smallest absolute Gasteiger partial charge is 0.265 e. The summed E-state index contributed by atoms with van der Waals surface area (Å²) in [5.74, 6) is -0.641. The largest absolute Gasteiger partial charge is 0.268 e. The van der Waals surface area contributed by atoms with Crippen LogP contribution in [0.2, 0.25) is 0 Å². The number of amides is 1. The second-order valence-electron chi connectivity index (χ2n) is 6.59. The SMILES string of the molecule is CC(C)(C)CCS(=O)(=O)NC(=O)c1cccc2ccccc12.